The van der Waals surface area contributed by atoms with E-state index in [9.17, 15) is 0 Å². The Labute approximate surface area is 113 Å². The number of hydrogen-bond acceptors (Lipinski definition) is 4. The lowest BCUT2D eigenvalue weighted by Gasteiger charge is -2.19. The average Bonchev–Trinajstić information content (AvgIpc) is 2.67. The van der Waals surface area contributed by atoms with Crippen molar-refractivity contribution in [2.75, 3.05) is 7.11 Å². The van der Waals surface area contributed by atoms with Crippen LogP contribution in [0.25, 0.3) is 0 Å². The lowest BCUT2D eigenvalue weighted by Crippen LogP contribution is -2.30. The number of aryl methyl sites for hydroxylation is 2. The first-order valence-corrected chi connectivity index (χ1v) is 6.19. The highest BCUT2D eigenvalue weighted by atomic mass is 16.5. The van der Waals surface area contributed by atoms with Crippen molar-refractivity contribution in [2.45, 2.75) is 19.9 Å². The number of rotatable bonds is 4. The number of ether oxygens (including phenoxy) is 1. The van der Waals surface area contributed by atoms with E-state index in [1.165, 1.54) is 0 Å². The van der Waals surface area contributed by atoms with Crippen LogP contribution in [0.3, 0.4) is 0 Å². The first-order chi connectivity index (χ1) is 9.10. The Bertz CT molecular complexity index is 577. The SMILES string of the molecule is COc1ccccc1C(NN)c1c(C)nn(C)c1C. The highest BCUT2D eigenvalue weighted by molar-refractivity contribution is 5.44. The molecule has 0 aliphatic carbocycles. The minimum Gasteiger partial charge on any atom is -0.496 e. The molecule has 1 aromatic carbocycles. The van der Waals surface area contributed by atoms with Crippen molar-refractivity contribution in [3.63, 3.8) is 0 Å². The van der Waals surface area contributed by atoms with Crippen LogP contribution in [0, 0.1) is 13.8 Å². The highest BCUT2D eigenvalue weighted by Gasteiger charge is 2.23. The number of para-hydroxylation sites is 1. The van der Waals surface area contributed by atoms with Crippen LogP contribution in [-0.4, -0.2) is 16.9 Å². The first-order valence-electron chi connectivity index (χ1n) is 6.19. The maximum Gasteiger partial charge on any atom is 0.124 e. The highest BCUT2D eigenvalue weighted by Crippen LogP contribution is 2.32. The van der Waals surface area contributed by atoms with Gasteiger partial charge in [0, 0.05) is 23.9 Å². The van der Waals surface area contributed by atoms with Gasteiger partial charge < -0.3 is 4.74 Å². The summed E-state index contributed by atoms with van der Waals surface area (Å²) in [6.45, 7) is 4.02. The molecule has 5 nitrogen and oxygen atoms in total. The van der Waals surface area contributed by atoms with Crippen molar-refractivity contribution in [1.29, 1.82) is 0 Å². The van der Waals surface area contributed by atoms with E-state index in [2.05, 4.69) is 10.5 Å². The monoisotopic (exact) mass is 260 g/mol. The van der Waals surface area contributed by atoms with E-state index < -0.39 is 0 Å². The third-order valence-electron chi connectivity index (χ3n) is 3.47. The normalized spacial score (nSPS) is 12.5. The van der Waals surface area contributed by atoms with Gasteiger partial charge in [-0.25, -0.2) is 5.43 Å². The van der Waals surface area contributed by atoms with Crippen LogP contribution < -0.4 is 16.0 Å². The minimum absolute atomic E-state index is 0.134. The van der Waals surface area contributed by atoms with Crippen LogP contribution in [0.5, 0.6) is 5.75 Å². The molecular weight excluding hydrogens is 240 g/mol. The molecule has 1 unspecified atom stereocenters. The predicted molar refractivity (Wildman–Crippen MR) is 74.8 cm³/mol. The van der Waals surface area contributed by atoms with Crippen molar-refractivity contribution >= 4 is 0 Å². The number of methoxy groups -OCH3 is 1. The third kappa shape index (κ3) is 2.34. The van der Waals surface area contributed by atoms with Gasteiger partial charge in [0.2, 0.25) is 0 Å². The fourth-order valence-corrected chi connectivity index (χ4v) is 2.44. The summed E-state index contributed by atoms with van der Waals surface area (Å²) in [5, 5.41) is 4.44. The van der Waals surface area contributed by atoms with Crippen molar-refractivity contribution in [3.8, 4) is 5.75 Å². The van der Waals surface area contributed by atoms with Gasteiger partial charge in [0.15, 0.2) is 0 Å². The van der Waals surface area contributed by atoms with E-state index in [1.54, 1.807) is 7.11 Å². The lowest BCUT2D eigenvalue weighted by molar-refractivity contribution is 0.404. The molecule has 1 atom stereocenters. The molecule has 0 bridgehead atoms. The molecule has 0 radical (unpaired) electrons. The van der Waals surface area contributed by atoms with Gasteiger partial charge in [-0.05, 0) is 19.9 Å². The maximum absolute atomic E-state index is 5.76. The predicted octanol–water partition coefficient (Wildman–Crippen LogP) is 1.60. The number of nitrogens with two attached hydrogens (primary N) is 1. The number of hydrazine groups is 1. The molecule has 0 aliphatic rings. The van der Waals surface area contributed by atoms with Crippen LogP contribution in [0.2, 0.25) is 0 Å². The molecule has 0 saturated heterocycles. The second-order valence-corrected chi connectivity index (χ2v) is 4.55. The van der Waals surface area contributed by atoms with Crippen LogP contribution in [0.1, 0.15) is 28.6 Å². The Morgan fingerprint density at radius 3 is 2.53 bits per heavy atom. The summed E-state index contributed by atoms with van der Waals surface area (Å²) in [5.41, 5.74) is 7.03. The van der Waals surface area contributed by atoms with Gasteiger partial charge in [0.05, 0.1) is 18.8 Å². The number of nitrogens with one attached hydrogen (secondary N) is 1. The zero-order valence-corrected chi connectivity index (χ0v) is 11.8. The Kier molecular flexibility index (Phi) is 3.87. The lowest BCUT2D eigenvalue weighted by atomic mass is 9.97. The summed E-state index contributed by atoms with van der Waals surface area (Å²) in [4.78, 5) is 0. The summed E-state index contributed by atoms with van der Waals surface area (Å²) >= 11 is 0. The van der Waals surface area contributed by atoms with E-state index in [1.807, 2.05) is 49.8 Å². The van der Waals surface area contributed by atoms with E-state index in [-0.39, 0.29) is 6.04 Å². The second-order valence-electron chi connectivity index (χ2n) is 4.55. The van der Waals surface area contributed by atoms with Gasteiger partial charge in [-0.3, -0.25) is 10.5 Å². The summed E-state index contributed by atoms with van der Waals surface area (Å²) in [6.07, 6.45) is 0. The van der Waals surface area contributed by atoms with Gasteiger partial charge in [-0.15, -0.1) is 0 Å². The summed E-state index contributed by atoms with van der Waals surface area (Å²) in [6, 6.07) is 7.72. The Morgan fingerprint density at radius 2 is 2.00 bits per heavy atom. The quantitative estimate of drug-likeness (QED) is 0.647. The van der Waals surface area contributed by atoms with Gasteiger partial charge in [0.25, 0.3) is 0 Å². The summed E-state index contributed by atoms with van der Waals surface area (Å²) in [7, 11) is 3.59. The van der Waals surface area contributed by atoms with Gasteiger partial charge >= 0.3 is 0 Å². The number of benzene rings is 1. The van der Waals surface area contributed by atoms with Crippen LogP contribution in [0.4, 0.5) is 0 Å². The topological polar surface area (TPSA) is 65.1 Å². The molecule has 102 valence electrons. The fourth-order valence-electron chi connectivity index (χ4n) is 2.44. The van der Waals surface area contributed by atoms with E-state index >= 15 is 0 Å². The Balaban J connectivity index is 2.56. The van der Waals surface area contributed by atoms with E-state index in [0.717, 1.165) is 28.3 Å². The molecule has 2 rings (SSSR count). The molecule has 19 heavy (non-hydrogen) atoms. The fraction of sp³-hybridized carbons (Fsp3) is 0.357. The Hall–Kier alpha value is -1.85. The molecule has 3 N–H and O–H groups in total. The molecule has 5 heteroatoms. The van der Waals surface area contributed by atoms with Crippen LogP contribution >= 0.6 is 0 Å². The van der Waals surface area contributed by atoms with Gasteiger partial charge in [-0.1, -0.05) is 18.2 Å². The van der Waals surface area contributed by atoms with Crippen LogP contribution in [-0.2, 0) is 7.05 Å². The number of hydrogen-bond donors (Lipinski definition) is 2. The molecule has 2 aromatic rings. The number of nitrogens with zero attached hydrogens (tertiary/aromatic N) is 2. The van der Waals surface area contributed by atoms with Crippen LogP contribution in [0.15, 0.2) is 24.3 Å². The zero-order chi connectivity index (χ0) is 14.0. The molecule has 0 saturated carbocycles. The zero-order valence-electron chi connectivity index (χ0n) is 11.8. The Morgan fingerprint density at radius 1 is 1.32 bits per heavy atom. The summed E-state index contributed by atoms with van der Waals surface area (Å²) < 4.78 is 7.28. The van der Waals surface area contributed by atoms with Crippen molar-refractivity contribution < 1.29 is 4.74 Å². The molecule has 0 spiro atoms. The molecule has 0 amide bonds. The number of aromatic nitrogens is 2. The van der Waals surface area contributed by atoms with Crippen molar-refractivity contribution in [2.24, 2.45) is 12.9 Å². The molecule has 0 fully saturated rings. The van der Waals surface area contributed by atoms with Gasteiger partial charge in [-0.2, -0.15) is 5.10 Å². The first kappa shape index (κ1) is 13.6. The third-order valence-corrected chi connectivity index (χ3v) is 3.47. The molecule has 0 aliphatic heterocycles. The van der Waals surface area contributed by atoms with Gasteiger partial charge in [0.1, 0.15) is 5.75 Å². The molecular formula is C14H20N4O. The smallest absolute Gasteiger partial charge is 0.124 e. The van der Waals surface area contributed by atoms with E-state index in [0.29, 0.717) is 0 Å². The summed E-state index contributed by atoms with van der Waals surface area (Å²) in [5.74, 6) is 6.58. The standard InChI is InChI=1S/C14H20N4O/c1-9-13(10(2)18(3)17-9)14(16-15)11-7-5-6-8-12(11)19-4/h5-8,14,16H,15H2,1-4H3. The second kappa shape index (κ2) is 5.42. The average molecular weight is 260 g/mol. The van der Waals surface area contributed by atoms with Crippen molar-refractivity contribution in [3.05, 3.63) is 46.8 Å². The maximum atomic E-state index is 5.76. The molecule has 1 aromatic heterocycles. The van der Waals surface area contributed by atoms with E-state index in [4.69, 9.17) is 10.6 Å². The largest absolute Gasteiger partial charge is 0.496 e. The van der Waals surface area contributed by atoms with Crippen molar-refractivity contribution in [1.82, 2.24) is 15.2 Å². The molecule has 1 heterocycles. The minimum atomic E-state index is -0.134.